The van der Waals surface area contributed by atoms with E-state index in [4.69, 9.17) is 0 Å². The SMILES string of the molecule is OC(c1c[nH]c2cc(Br)ccc12)C1CCCN1. The Bertz CT molecular complexity index is 531. The molecule has 1 saturated heterocycles. The summed E-state index contributed by atoms with van der Waals surface area (Å²) in [5.74, 6) is 0. The average molecular weight is 295 g/mol. The number of halogens is 1. The Morgan fingerprint density at radius 2 is 2.29 bits per heavy atom. The molecule has 3 N–H and O–H groups in total. The van der Waals surface area contributed by atoms with E-state index in [2.05, 4.69) is 26.2 Å². The van der Waals surface area contributed by atoms with Crippen molar-refractivity contribution in [2.75, 3.05) is 6.54 Å². The lowest BCUT2D eigenvalue weighted by Crippen LogP contribution is -2.28. The fourth-order valence-corrected chi connectivity index (χ4v) is 2.92. The molecule has 1 fully saturated rings. The molecular formula is C13H15BrN2O. The molecule has 2 atom stereocenters. The molecule has 0 bridgehead atoms. The first-order valence-corrected chi connectivity index (χ1v) is 6.73. The van der Waals surface area contributed by atoms with Gasteiger partial charge >= 0.3 is 0 Å². The van der Waals surface area contributed by atoms with Crippen molar-refractivity contribution in [3.63, 3.8) is 0 Å². The topological polar surface area (TPSA) is 48.0 Å². The maximum atomic E-state index is 10.4. The monoisotopic (exact) mass is 294 g/mol. The maximum absolute atomic E-state index is 10.4. The molecule has 0 radical (unpaired) electrons. The van der Waals surface area contributed by atoms with E-state index >= 15 is 0 Å². The standard InChI is InChI=1S/C13H15BrN2O/c14-8-3-4-9-10(7-16-12(9)6-8)13(17)11-2-1-5-15-11/h3-4,6-7,11,13,15-17H,1-2,5H2. The predicted octanol–water partition coefficient (Wildman–Crippen LogP) is 2.72. The smallest absolute Gasteiger partial charge is 0.0963 e. The first-order valence-electron chi connectivity index (χ1n) is 5.94. The highest BCUT2D eigenvalue weighted by Crippen LogP contribution is 2.30. The molecule has 0 aliphatic carbocycles. The maximum Gasteiger partial charge on any atom is 0.0963 e. The van der Waals surface area contributed by atoms with E-state index in [-0.39, 0.29) is 6.04 Å². The summed E-state index contributed by atoms with van der Waals surface area (Å²) in [5.41, 5.74) is 2.05. The minimum atomic E-state index is -0.424. The fraction of sp³-hybridized carbons (Fsp3) is 0.385. The molecule has 1 aromatic carbocycles. The Morgan fingerprint density at radius 3 is 3.06 bits per heavy atom. The zero-order valence-corrected chi connectivity index (χ0v) is 11.0. The van der Waals surface area contributed by atoms with Crippen LogP contribution in [0.2, 0.25) is 0 Å². The van der Waals surface area contributed by atoms with Crippen LogP contribution in [-0.2, 0) is 0 Å². The molecule has 2 unspecified atom stereocenters. The number of hydrogen-bond acceptors (Lipinski definition) is 2. The first-order chi connectivity index (χ1) is 8.25. The molecule has 0 saturated carbocycles. The Labute approximate surface area is 108 Å². The number of H-pyrrole nitrogens is 1. The molecule has 0 amide bonds. The van der Waals surface area contributed by atoms with Crippen LogP contribution in [-0.4, -0.2) is 22.7 Å². The number of aliphatic hydroxyl groups excluding tert-OH is 1. The molecule has 90 valence electrons. The Balaban J connectivity index is 1.99. The summed E-state index contributed by atoms with van der Waals surface area (Å²) in [6.07, 6.45) is 3.69. The quantitative estimate of drug-likeness (QED) is 0.798. The molecule has 3 rings (SSSR count). The third-order valence-electron chi connectivity index (χ3n) is 3.47. The summed E-state index contributed by atoms with van der Waals surface area (Å²) >= 11 is 3.45. The number of aliphatic hydroxyl groups is 1. The first kappa shape index (κ1) is 11.3. The lowest BCUT2D eigenvalue weighted by Gasteiger charge is -2.17. The Morgan fingerprint density at radius 1 is 1.41 bits per heavy atom. The van der Waals surface area contributed by atoms with Crippen molar-refractivity contribution in [3.8, 4) is 0 Å². The second kappa shape index (κ2) is 4.44. The lowest BCUT2D eigenvalue weighted by molar-refractivity contribution is 0.139. The number of fused-ring (bicyclic) bond motifs is 1. The van der Waals surface area contributed by atoms with E-state index < -0.39 is 6.10 Å². The molecule has 17 heavy (non-hydrogen) atoms. The van der Waals surface area contributed by atoms with Gasteiger partial charge in [-0.05, 0) is 31.5 Å². The number of benzene rings is 1. The van der Waals surface area contributed by atoms with Gasteiger partial charge in [-0.3, -0.25) is 0 Å². The van der Waals surface area contributed by atoms with Crippen LogP contribution in [0.4, 0.5) is 0 Å². The summed E-state index contributed by atoms with van der Waals surface area (Å²) in [4.78, 5) is 3.22. The molecule has 3 nitrogen and oxygen atoms in total. The second-order valence-electron chi connectivity index (χ2n) is 4.58. The van der Waals surface area contributed by atoms with Crippen LogP contribution >= 0.6 is 15.9 Å². The zero-order valence-electron chi connectivity index (χ0n) is 9.41. The van der Waals surface area contributed by atoms with E-state index in [1.165, 1.54) is 0 Å². The lowest BCUT2D eigenvalue weighted by atomic mass is 10.0. The summed E-state index contributed by atoms with van der Waals surface area (Å²) in [7, 11) is 0. The van der Waals surface area contributed by atoms with Crippen LogP contribution in [0.5, 0.6) is 0 Å². The molecule has 4 heteroatoms. The fourth-order valence-electron chi connectivity index (χ4n) is 2.56. The number of nitrogens with one attached hydrogen (secondary N) is 2. The van der Waals surface area contributed by atoms with Gasteiger partial charge in [-0.1, -0.05) is 22.0 Å². The molecule has 2 heterocycles. The summed E-state index contributed by atoms with van der Waals surface area (Å²) in [5, 5.41) is 14.8. The van der Waals surface area contributed by atoms with Gasteiger partial charge in [0, 0.05) is 33.2 Å². The van der Waals surface area contributed by atoms with E-state index in [9.17, 15) is 5.11 Å². The Hall–Kier alpha value is -0.840. The largest absolute Gasteiger partial charge is 0.387 e. The minimum Gasteiger partial charge on any atom is -0.387 e. The van der Waals surface area contributed by atoms with Gasteiger partial charge in [0.05, 0.1) is 6.10 Å². The molecule has 1 aromatic heterocycles. The van der Waals surface area contributed by atoms with Crippen molar-refractivity contribution in [1.29, 1.82) is 0 Å². The highest BCUT2D eigenvalue weighted by atomic mass is 79.9. The van der Waals surface area contributed by atoms with Gasteiger partial charge in [-0.25, -0.2) is 0 Å². The highest BCUT2D eigenvalue weighted by Gasteiger charge is 2.25. The van der Waals surface area contributed by atoms with Crippen molar-refractivity contribution >= 4 is 26.8 Å². The van der Waals surface area contributed by atoms with E-state index in [1.807, 2.05) is 24.4 Å². The predicted molar refractivity (Wildman–Crippen MR) is 72.0 cm³/mol. The second-order valence-corrected chi connectivity index (χ2v) is 5.50. The normalized spacial score (nSPS) is 22.1. The van der Waals surface area contributed by atoms with Crippen molar-refractivity contribution in [1.82, 2.24) is 10.3 Å². The number of hydrogen-bond donors (Lipinski definition) is 3. The summed E-state index contributed by atoms with van der Waals surface area (Å²) in [6.45, 7) is 1.01. The molecule has 2 aromatic rings. The van der Waals surface area contributed by atoms with Crippen LogP contribution in [0.15, 0.2) is 28.9 Å². The van der Waals surface area contributed by atoms with Crippen molar-refractivity contribution in [3.05, 3.63) is 34.4 Å². The van der Waals surface area contributed by atoms with Gasteiger partial charge in [-0.2, -0.15) is 0 Å². The number of aromatic nitrogens is 1. The van der Waals surface area contributed by atoms with Gasteiger partial charge in [-0.15, -0.1) is 0 Å². The third kappa shape index (κ3) is 2.01. The van der Waals surface area contributed by atoms with Crippen molar-refractivity contribution in [2.24, 2.45) is 0 Å². The van der Waals surface area contributed by atoms with Gasteiger partial charge in [0.15, 0.2) is 0 Å². The highest BCUT2D eigenvalue weighted by molar-refractivity contribution is 9.10. The van der Waals surface area contributed by atoms with Crippen LogP contribution in [0.1, 0.15) is 24.5 Å². The third-order valence-corrected chi connectivity index (χ3v) is 3.97. The van der Waals surface area contributed by atoms with Crippen molar-refractivity contribution in [2.45, 2.75) is 25.0 Å². The van der Waals surface area contributed by atoms with Gasteiger partial charge < -0.3 is 15.4 Å². The number of rotatable bonds is 2. The van der Waals surface area contributed by atoms with Crippen LogP contribution < -0.4 is 5.32 Å². The summed E-state index contributed by atoms with van der Waals surface area (Å²) < 4.78 is 1.05. The molecule has 1 aliphatic heterocycles. The van der Waals surface area contributed by atoms with Gasteiger partial charge in [0.2, 0.25) is 0 Å². The molecule has 1 aliphatic rings. The van der Waals surface area contributed by atoms with Crippen LogP contribution in [0.3, 0.4) is 0 Å². The van der Waals surface area contributed by atoms with E-state index in [0.29, 0.717) is 0 Å². The number of aromatic amines is 1. The van der Waals surface area contributed by atoms with E-state index in [1.54, 1.807) is 0 Å². The van der Waals surface area contributed by atoms with Gasteiger partial charge in [0.25, 0.3) is 0 Å². The average Bonchev–Trinajstić information content (AvgIpc) is 2.96. The van der Waals surface area contributed by atoms with Crippen LogP contribution in [0, 0.1) is 0 Å². The van der Waals surface area contributed by atoms with E-state index in [0.717, 1.165) is 40.3 Å². The van der Waals surface area contributed by atoms with Crippen LogP contribution in [0.25, 0.3) is 10.9 Å². The Kier molecular flexibility index (Phi) is 2.94. The zero-order chi connectivity index (χ0) is 11.8. The summed E-state index contributed by atoms with van der Waals surface area (Å²) in [6, 6.07) is 6.28. The molecule has 0 spiro atoms. The minimum absolute atomic E-state index is 0.192. The molecular weight excluding hydrogens is 280 g/mol. The van der Waals surface area contributed by atoms with Crippen molar-refractivity contribution < 1.29 is 5.11 Å². The van der Waals surface area contributed by atoms with Gasteiger partial charge in [0.1, 0.15) is 0 Å².